The van der Waals surface area contributed by atoms with Gasteiger partial charge in [-0.25, -0.2) is 8.78 Å². The number of fused-ring (bicyclic) bond motifs is 1. The van der Waals surface area contributed by atoms with Gasteiger partial charge in [-0.3, -0.25) is 4.79 Å². The molecular formula is C20H18F2N2OS. The summed E-state index contributed by atoms with van der Waals surface area (Å²) in [6, 6.07) is 11.3. The molecule has 1 atom stereocenters. The minimum absolute atomic E-state index is 0.0246. The van der Waals surface area contributed by atoms with E-state index < -0.39 is 5.82 Å². The average Bonchev–Trinajstić information content (AvgIpc) is 2.93. The number of rotatable bonds is 2. The van der Waals surface area contributed by atoms with E-state index in [9.17, 15) is 13.6 Å². The van der Waals surface area contributed by atoms with Crippen molar-refractivity contribution in [1.82, 2.24) is 9.88 Å². The van der Waals surface area contributed by atoms with Gasteiger partial charge in [0.25, 0.3) is 5.91 Å². The number of H-pyrrole nitrogens is 1. The Morgan fingerprint density at radius 1 is 1.15 bits per heavy atom. The molecule has 0 aliphatic carbocycles. The Hall–Kier alpha value is -2.34. The summed E-state index contributed by atoms with van der Waals surface area (Å²) in [6.07, 6.45) is 2.34. The molecule has 134 valence electrons. The maximum absolute atomic E-state index is 14.1. The topological polar surface area (TPSA) is 36.1 Å². The smallest absolute Gasteiger partial charge is 0.256 e. The molecule has 2 heterocycles. The Kier molecular flexibility index (Phi) is 4.68. The van der Waals surface area contributed by atoms with E-state index in [1.165, 1.54) is 12.1 Å². The van der Waals surface area contributed by atoms with E-state index in [4.69, 9.17) is 0 Å². The molecule has 1 N–H and O–H groups in total. The van der Waals surface area contributed by atoms with Crippen molar-refractivity contribution in [1.29, 1.82) is 0 Å². The van der Waals surface area contributed by atoms with E-state index in [-0.39, 0.29) is 17.0 Å². The largest absolute Gasteiger partial charge is 0.360 e. The van der Waals surface area contributed by atoms with Crippen molar-refractivity contribution in [2.75, 3.05) is 18.8 Å². The third kappa shape index (κ3) is 3.21. The minimum atomic E-state index is -0.432. The van der Waals surface area contributed by atoms with Crippen LogP contribution in [-0.2, 0) is 0 Å². The summed E-state index contributed by atoms with van der Waals surface area (Å²) >= 11 is 1.57. The van der Waals surface area contributed by atoms with Crippen LogP contribution in [0.2, 0.25) is 0 Å². The third-order valence-electron chi connectivity index (χ3n) is 4.75. The van der Waals surface area contributed by atoms with Gasteiger partial charge in [-0.15, -0.1) is 0 Å². The van der Waals surface area contributed by atoms with Gasteiger partial charge in [-0.05, 0) is 30.7 Å². The van der Waals surface area contributed by atoms with Gasteiger partial charge in [0.2, 0.25) is 0 Å². The number of amides is 1. The van der Waals surface area contributed by atoms with Crippen LogP contribution >= 0.6 is 11.8 Å². The van der Waals surface area contributed by atoms with Crippen LogP contribution in [0.5, 0.6) is 0 Å². The third-order valence-corrected chi connectivity index (χ3v) is 6.06. The molecule has 1 amide bonds. The molecule has 1 aliphatic heterocycles. The zero-order valence-electron chi connectivity index (χ0n) is 14.0. The number of aromatic amines is 1. The van der Waals surface area contributed by atoms with Gasteiger partial charge < -0.3 is 9.88 Å². The number of carbonyl (C=O) groups excluding carboxylic acids is 1. The van der Waals surface area contributed by atoms with E-state index in [1.54, 1.807) is 22.9 Å². The Morgan fingerprint density at radius 3 is 2.88 bits per heavy atom. The number of carbonyl (C=O) groups is 1. The first-order valence-corrected chi connectivity index (χ1v) is 9.60. The lowest BCUT2D eigenvalue weighted by molar-refractivity contribution is 0.0768. The average molecular weight is 372 g/mol. The second kappa shape index (κ2) is 7.11. The van der Waals surface area contributed by atoms with Crippen molar-refractivity contribution in [2.24, 2.45) is 0 Å². The van der Waals surface area contributed by atoms with Crippen LogP contribution in [0.4, 0.5) is 8.78 Å². The molecule has 1 saturated heterocycles. The summed E-state index contributed by atoms with van der Waals surface area (Å²) in [5, 5.41) is 0.758. The molecule has 0 radical (unpaired) electrons. The molecule has 4 rings (SSSR count). The van der Waals surface area contributed by atoms with Crippen molar-refractivity contribution in [2.45, 2.75) is 11.7 Å². The highest BCUT2D eigenvalue weighted by Crippen LogP contribution is 2.36. The van der Waals surface area contributed by atoms with Crippen molar-refractivity contribution in [3.8, 4) is 0 Å². The Morgan fingerprint density at radius 2 is 2.00 bits per heavy atom. The first-order chi connectivity index (χ1) is 12.6. The van der Waals surface area contributed by atoms with E-state index in [0.29, 0.717) is 36.4 Å². The maximum atomic E-state index is 14.1. The number of nitrogens with zero attached hydrogens (tertiary/aromatic N) is 1. The second-order valence-corrected chi connectivity index (χ2v) is 7.66. The molecule has 1 aromatic heterocycles. The van der Waals surface area contributed by atoms with E-state index >= 15 is 0 Å². The zero-order chi connectivity index (χ0) is 18.1. The molecule has 3 nitrogen and oxygen atoms in total. The molecule has 1 aliphatic rings. The van der Waals surface area contributed by atoms with Gasteiger partial charge in [-0.1, -0.05) is 18.2 Å². The molecular weight excluding hydrogens is 354 g/mol. The lowest BCUT2D eigenvalue weighted by atomic mass is 10.1. The molecule has 0 spiro atoms. The number of thioether (sulfide) groups is 1. The predicted molar refractivity (Wildman–Crippen MR) is 100 cm³/mol. The minimum Gasteiger partial charge on any atom is -0.360 e. The number of hydrogen-bond acceptors (Lipinski definition) is 2. The van der Waals surface area contributed by atoms with E-state index in [0.717, 1.165) is 17.0 Å². The summed E-state index contributed by atoms with van der Waals surface area (Å²) in [7, 11) is 0. The van der Waals surface area contributed by atoms with Gasteiger partial charge in [0.15, 0.2) is 0 Å². The Bertz CT molecular complexity index is 956. The van der Waals surface area contributed by atoms with E-state index in [1.807, 2.05) is 24.3 Å². The van der Waals surface area contributed by atoms with Crippen molar-refractivity contribution in [3.05, 3.63) is 71.4 Å². The molecule has 26 heavy (non-hydrogen) atoms. The highest BCUT2D eigenvalue weighted by atomic mass is 32.2. The van der Waals surface area contributed by atoms with Gasteiger partial charge in [-0.2, -0.15) is 11.8 Å². The lowest BCUT2D eigenvalue weighted by Crippen LogP contribution is -2.32. The number of benzene rings is 2. The molecule has 3 aromatic rings. The normalized spacial score (nSPS) is 18.1. The van der Waals surface area contributed by atoms with Crippen LogP contribution in [-0.4, -0.2) is 34.6 Å². The quantitative estimate of drug-likeness (QED) is 0.704. The summed E-state index contributed by atoms with van der Waals surface area (Å²) in [6.45, 7) is 1.11. The number of nitrogens with one attached hydrogen (secondary N) is 1. The second-order valence-electron chi connectivity index (χ2n) is 6.35. The van der Waals surface area contributed by atoms with Crippen LogP contribution in [0.15, 0.2) is 48.7 Å². The number of halogens is 2. The first-order valence-electron chi connectivity index (χ1n) is 8.55. The summed E-state index contributed by atoms with van der Waals surface area (Å²) in [5.41, 5.74) is 1.97. The van der Waals surface area contributed by atoms with Crippen LogP contribution in [0, 0.1) is 11.6 Å². The predicted octanol–water partition coefficient (Wildman–Crippen LogP) is 4.77. The van der Waals surface area contributed by atoms with Gasteiger partial charge in [0, 0.05) is 46.8 Å². The van der Waals surface area contributed by atoms with Crippen LogP contribution in [0.1, 0.15) is 27.6 Å². The van der Waals surface area contributed by atoms with Gasteiger partial charge in [0.1, 0.15) is 11.6 Å². The fourth-order valence-electron chi connectivity index (χ4n) is 3.40. The zero-order valence-corrected chi connectivity index (χ0v) is 14.9. The maximum Gasteiger partial charge on any atom is 0.256 e. The van der Waals surface area contributed by atoms with E-state index in [2.05, 4.69) is 4.98 Å². The summed E-state index contributed by atoms with van der Waals surface area (Å²) in [4.78, 5) is 17.9. The van der Waals surface area contributed by atoms with Crippen molar-refractivity contribution >= 4 is 28.6 Å². The number of aromatic nitrogens is 1. The standard InChI is InChI=1S/C20H18F2N2OS/c21-13-5-6-17(22)15(11-13)19-7-8-24(9-10-26-19)20(25)16-12-23-18-4-2-1-3-14(16)18/h1-6,11-12,19,23H,7-10H2. The molecule has 2 aromatic carbocycles. The monoisotopic (exact) mass is 372 g/mol. The SMILES string of the molecule is O=C(c1c[nH]c2ccccc12)N1CCSC(c2cc(F)ccc2F)CC1. The Labute approximate surface area is 154 Å². The van der Waals surface area contributed by atoms with Crippen LogP contribution in [0.25, 0.3) is 10.9 Å². The molecule has 0 saturated carbocycles. The fourth-order valence-corrected chi connectivity index (χ4v) is 4.64. The first kappa shape index (κ1) is 17.1. The molecule has 6 heteroatoms. The highest BCUT2D eigenvalue weighted by Gasteiger charge is 2.26. The number of para-hydroxylation sites is 1. The summed E-state index contributed by atoms with van der Waals surface area (Å²) < 4.78 is 27.6. The fraction of sp³-hybridized carbons (Fsp3) is 0.250. The molecule has 1 fully saturated rings. The lowest BCUT2D eigenvalue weighted by Gasteiger charge is -2.20. The van der Waals surface area contributed by atoms with Crippen molar-refractivity contribution < 1.29 is 13.6 Å². The van der Waals surface area contributed by atoms with Crippen molar-refractivity contribution in [3.63, 3.8) is 0 Å². The molecule has 1 unspecified atom stereocenters. The summed E-state index contributed by atoms with van der Waals surface area (Å²) in [5.74, 6) is -0.156. The van der Waals surface area contributed by atoms with Gasteiger partial charge in [0.05, 0.1) is 5.56 Å². The molecule has 0 bridgehead atoms. The van der Waals surface area contributed by atoms with Crippen LogP contribution in [0.3, 0.4) is 0 Å². The van der Waals surface area contributed by atoms with Gasteiger partial charge >= 0.3 is 0 Å². The van der Waals surface area contributed by atoms with Crippen LogP contribution < -0.4 is 0 Å². The number of hydrogen-bond donors (Lipinski definition) is 1. The Balaban J connectivity index is 1.53. The highest BCUT2D eigenvalue weighted by molar-refractivity contribution is 7.99.